The molecular formula is C47H35N. The van der Waals surface area contributed by atoms with Gasteiger partial charge in [-0.2, -0.15) is 0 Å². The molecule has 1 aromatic heterocycles. The van der Waals surface area contributed by atoms with Crippen LogP contribution in [0.25, 0.3) is 60.2 Å². The fourth-order valence-corrected chi connectivity index (χ4v) is 7.64. The fourth-order valence-electron chi connectivity index (χ4n) is 7.64. The number of aryl methyl sites for hydroxylation is 1. The summed E-state index contributed by atoms with van der Waals surface area (Å²) in [5.74, 6) is 0.276. The first-order valence-electron chi connectivity index (χ1n) is 16.9. The molecule has 1 nitrogen and oxygen atoms in total. The molecule has 8 aromatic carbocycles. The highest BCUT2D eigenvalue weighted by Gasteiger charge is 2.20. The molecule has 0 N–H and O–H groups in total. The first-order valence-corrected chi connectivity index (χ1v) is 16.9. The molecule has 0 fully saturated rings. The number of hydrogen-bond acceptors (Lipinski definition) is 0. The topological polar surface area (TPSA) is 4.93 Å². The standard InChI is InChI=1S/C47H35N/c1-3-11-34(12-4-1)36-22-19-33(20-23-36)21-28-42(37-14-5-2-6-15-37)40-26-29-45-44(32-40)47-43-18-10-9-16-38(43)25-30-46(47)48(45)41-27-24-35-13-7-8-17-39(35)31-41/h1-20,22-27,29-32,42H,21,28H2. The van der Waals surface area contributed by atoms with Crippen LogP contribution in [-0.4, -0.2) is 4.57 Å². The van der Waals surface area contributed by atoms with E-state index in [0.717, 1.165) is 12.8 Å². The molecule has 1 heterocycles. The van der Waals surface area contributed by atoms with Crippen molar-refractivity contribution in [1.82, 2.24) is 4.57 Å². The van der Waals surface area contributed by atoms with E-state index in [2.05, 4.69) is 187 Å². The monoisotopic (exact) mass is 613 g/mol. The summed E-state index contributed by atoms with van der Waals surface area (Å²) in [5, 5.41) is 7.71. The van der Waals surface area contributed by atoms with Crippen LogP contribution < -0.4 is 0 Å². The molecule has 0 saturated heterocycles. The molecule has 0 aliphatic rings. The van der Waals surface area contributed by atoms with E-state index >= 15 is 0 Å². The van der Waals surface area contributed by atoms with Crippen LogP contribution in [0.2, 0.25) is 0 Å². The predicted octanol–water partition coefficient (Wildman–Crippen LogP) is 12.5. The lowest BCUT2D eigenvalue weighted by atomic mass is 9.85. The van der Waals surface area contributed by atoms with Crippen molar-refractivity contribution in [2.45, 2.75) is 18.8 Å². The summed E-state index contributed by atoms with van der Waals surface area (Å²) in [5.41, 5.74) is 10.3. The average molecular weight is 614 g/mol. The number of hydrogen-bond donors (Lipinski definition) is 0. The van der Waals surface area contributed by atoms with Crippen molar-refractivity contribution in [2.75, 3.05) is 0 Å². The second-order valence-electron chi connectivity index (χ2n) is 12.9. The maximum absolute atomic E-state index is 2.48. The number of nitrogens with zero attached hydrogens (tertiary/aromatic N) is 1. The van der Waals surface area contributed by atoms with Crippen molar-refractivity contribution >= 4 is 43.4 Å². The van der Waals surface area contributed by atoms with Crippen LogP contribution in [-0.2, 0) is 6.42 Å². The predicted molar refractivity (Wildman–Crippen MR) is 204 cm³/mol. The maximum atomic E-state index is 2.48. The molecule has 9 aromatic rings. The fraction of sp³-hybridized carbons (Fsp3) is 0.0638. The van der Waals surface area contributed by atoms with Gasteiger partial charge in [0.1, 0.15) is 0 Å². The zero-order valence-electron chi connectivity index (χ0n) is 26.8. The van der Waals surface area contributed by atoms with Gasteiger partial charge in [-0.15, -0.1) is 0 Å². The molecule has 228 valence electrons. The van der Waals surface area contributed by atoms with Gasteiger partial charge in [0.05, 0.1) is 11.0 Å². The molecule has 0 spiro atoms. The van der Waals surface area contributed by atoms with Crippen LogP contribution in [0.1, 0.15) is 29.0 Å². The minimum atomic E-state index is 0.276. The Hall–Kier alpha value is -5.92. The van der Waals surface area contributed by atoms with Gasteiger partial charge in [-0.05, 0) is 92.5 Å². The highest BCUT2D eigenvalue weighted by Crippen LogP contribution is 2.40. The third-order valence-corrected chi connectivity index (χ3v) is 10.1. The molecule has 0 aliphatic heterocycles. The number of rotatable bonds is 7. The van der Waals surface area contributed by atoms with E-state index in [0.29, 0.717) is 0 Å². The van der Waals surface area contributed by atoms with Crippen LogP contribution in [0, 0.1) is 0 Å². The molecule has 0 aliphatic carbocycles. The van der Waals surface area contributed by atoms with Gasteiger partial charge in [-0.1, -0.05) is 152 Å². The Morgan fingerprint density at radius 2 is 1.06 bits per heavy atom. The Bertz CT molecular complexity index is 2540. The number of benzene rings is 8. The maximum Gasteiger partial charge on any atom is 0.0547 e. The van der Waals surface area contributed by atoms with Crippen LogP contribution >= 0.6 is 0 Å². The molecule has 9 rings (SSSR count). The van der Waals surface area contributed by atoms with Crippen LogP contribution in [0.4, 0.5) is 0 Å². The van der Waals surface area contributed by atoms with Crippen LogP contribution in [0.15, 0.2) is 182 Å². The van der Waals surface area contributed by atoms with Crippen LogP contribution in [0.5, 0.6) is 0 Å². The quantitative estimate of drug-likeness (QED) is 0.169. The van der Waals surface area contributed by atoms with E-state index in [1.807, 2.05) is 0 Å². The molecule has 1 heteroatoms. The largest absolute Gasteiger partial charge is 0.309 e. The van der Waals surface area contributed by atoms with Crippen molar-refractivity contribution in [3.8, 4) is 16.8 Å². The SMILES string of the molecule is c1ccc(-c2ccc(CCC(c3ccccc3)c3ccc4c(c3)c3c5ccccc5ccc3n4-c3ccc4ccccc4c3)cc2)cc1. The van der Waals surface area contributed by atoms with Gasteiger partial charge < -0.3 is 4.57 Å². The summed E-state index contributed by atoms with van der Waals surface area (Å²) in [4.78, 5) is 0. The van der Waals surface area contributed by atoms with E-state index in [1.54, 1.807) is 0 Å². The van der Waals surface area contributed by atoms with Gasteiger partial charge >= 0.3 is 0 Å². The minimum Gasteiger partial charge on any atom is -0.309 e. The van der Waals surface area contributed by atoms with Crippen molar-refractivity contribution in [3.05, 3.63) is 199 Å². The first-order chi connectivity index (χ1) is 23.8. The van der Waals surface area contributed by atoms with Gasteiger partial charge in [0.15, 0.2) is 0 Å². The zero-order chi connectivity index (χ0) is 31.9. The van der Waals surface area contributed by atoms with E-state index < -0.39 is 0 Å². The van der Waals surface area contributed by atoms with Gasteiger partial charge in [0, 0.05) is 22.4 Å². The zero-order valence-corrected chi connectivity index (χ0v) is 26.8. The molecule has 0 radical (unpaired) electrons. The summed E-state index contributed by atoms with van der Waals surface area (Å²) in [6, 6.07) is 66.9. The Kier molecular flexibility index (Phi) is 7.09. The Labute approximate surface area is 281 Å². The average Bonchev–Trinajstić information content (AvgIpc) is 3.50. The van der Waals surface area contributed by atoms with E-state index in [9.17, 15) is 0 Å². The summed E-state index contributed by atoms with van der Waals surface area (Å²) >= 11 is 0. The highest BCUT2D eigenvalue weighted by atomic mass is 15.0. The smallest absolute Gasteiger partial charge is 0.0547 e. The highest BCUT2D eigenvalue weighted by molar-refractivity contribution is 6.21. The molecule has 48 heavy (non-hydrogen) atoms. The second kappa shape index (κ2) is 12.0. The van der Waals surface area contributed by atoms with Gasteiger partial charge in [-0.25, -0.2) is 0 Å². The van der Waals surface area contributed by atoms with Crippen molar-refractivity contribution in [3.63, 3.8) is 0 Å². The van der Waals surface area contributed by atoms with E-state index in [1.165, 1.54) is 76.9 Å². The number of aromatic nitrogens is 1. The van der Waals surface area contributed by atoms with Crippen molar-refractivity contribution in [1.29, 1.82) is 0 Å². The molecule has 0 amide bonds. The van der Waals surface area contributed by atoms with Crippen molar-refractivity contribution in [2.24, 2.45) is 0 Å². The van der Waals surface area contributed by atoms with E-state index in [-0.39, 0.29) is 5.92 Å². The van der Waals surface area contributed by atoms with Gasteiger partial charge in [0.2, 0.25) is 0 Å². The Morgan fingerprint density at radius 3 is 1.88 bits per heavy atom. The van der Waals surface area contributed by atoms with Gasteiger partial charge in [0.25, 0.3) is 0 Å². The van der Waals surface area contributed by atoms with Crippen LogP contribution in [0.3, 0.4) is 0 Å². The third kappa shape index (κ3) is 5.05. The normalized spacial score (nSPS) is 12.2. The molecular weight excluding hydrogens is 579 g/mol. The third-order valence-electron chi connectivity index (χ3n) is 10.1. The molecule has 0 bridgehead atoms. The van der Waals surface area contributed by atoms with E-state index in [4.69, 9.17) is 0 Å². The molecule has 1 unspecified atom stereocenters. The summed E-state index contributed by atoms with van der Waals surface area (Å²) in [7, 11) is 0. The van der Waals surface area contributed by atoms with Gasteiger partial charge in [-0.3, -0.25) is 0 Å². The lowest BCUT2D eigenvalue weighted by molar-refractivity contribution is 0.716. The minimum absolute atomic E-state index is 0.276. The Balaban J connectivity index is 1.17. The second-order valence-corrected chi connectivity index (χ2v) is 12.9. The number of fused-ring (bicyclic) bond motifs is 6. The molecule has 1 atom stereocenters. The lowest BCUT2D eigenvalue weighted by Gasteiger charge is -2.19. The van der Waals surface area contributed by atoms with Crippen molar-refractivity contribution < 1.29 is 0 Å². The summed E-state index contributed by atoms with van der Waals surface area (Å²) in [6.07, 6.45) is 2.04. The molecule has 0 saturated carbocycles. The summed E-state index contributed by atoms with van der Waals surface area (Å²) < 4.78 is 2.46. The summed E-state index contributed by atoms with van der Waals surface area (Å²) in [6.45, 7) is 0. The lowest BCUT2D eigenvalue weighted by Crippen LogP contribution is -2.03. The first kappa shape index (κ1) is 28.3. The Morgan fingerprint density at radius 1 is 0.417 bits per heavy atom.